The molecule has 6 heteroatoms. The number of anilines is 2. The molecule has 142 valence electrons. The summed E-state index contributed by atoms with van der Waals surface area (Å²) < 4.78 is 5.37. The second-order valence-electron chi connectivity index (χ2n) is 6.77. The smallest absolute Gasteiger partial charge is 0.255 e. The van der Waals surface area contributed by atoms with E-state index in [0.717, 1.165) is 54.6 Å². The maximum Gasteiger partial charge on any atom is 0.255 e. The molecule has 1 aliphatic heterocycles. The Morgan fingerprint density at radius 1 is 0.929 bits per heavy atom. The molecule has 28 heavy (non-hydrogen) atoms. The lowest BCUT2D eigenvalue weighted by atomic mass is 10.1. The van der Waals surface area contributed by atoms with Gasteiger partial charge in [0.05, 0.1) is 18.9 Å². The molecule has 2 heterocycles. The van der Waals surface area contributed by atoms with Gasteiger partial charge in [-0.05, 0) is 43.3 Å². The number of aryl methyl sites for hydroxylation is 1. The van der Waals surface area contributed by atoms with Crippen molar-refractivity contribution in [2.75, 3.05) is 36.5 Å². The minimum Gasteiger partial charge on any atom is -0.378 e. The molecule has 0 aliphatic carbocycles. The minimum absolute atomic E-state index is 0.123. The molecular weight excluding hydrogens is 352 g/mol. The van der Waals surface area contributed by atoms with Gasteiger partial charge >= 0.3 is 0 Å². The molecule has 1 amide bonds. The quantitative estimate of drug-likeness (QED) is 0.757. The van der Waals surface area contributed by atoms with Crippen LogP contribution >= 0.6 is 0 Å². The fourth-order valence-corrected chi connectivity index (χ4v) is 3.07. The highest BCUT2D eigenvalue weighted by molar-refractivity contribution is 6.04. The average Bonchev–Trinajstić information content (AvgIpc) is 2.75. The summed E-state index contributed by atoms with van der Waals surface area (Å²) >= 11 is 0. The number of amides is 1. The fourth-order valence-electron chi connectivity index (χ4n) is 3.07. The summed E-state index contributed by atoms with van der Waals surface area (Å²) in [5, 5.41) is 11.6. The third-order valence-corrected chi connectivity index (χ3v) is 4.74. The van der Waals surface area contributed by atoms with Gasteiger partial charge in [-0.2, -0.15) is 0 Å². The van der Waals surface area contributed by atoms with E-state index in [1.54, 1.807) is 0 Å². The molecular formula is C22H22N4O2. The Kier molecular flexibility index (Phi) is 5.30. The molecule has 3 aromatic rings. The van der Waals surface area contributed by atoms with Gasteiger partial charge in [0.25, 0.3) is 5.91 Å². The minimum atomic E-state index is -0.123. The first kappa shape index (κ1) is 18.1. The standard InChI is InChI=1S/C22H22N4O2/c1-16-2-4-18(5-3-16)22(27)23-19-8-6-17(7-9-19)20-10-11-21(25-24-20)26-12-14-28-15-13-26/h2-11H,12-15H2,1H3,(H,23,27). The number of nitrogens with one attached hydrogen (secondary N) is 1. The van der Waals surface area contributed by atoms with Crippen molar-refractivity contribution in [3.8, 4) is 11.3 Å². The lowest BCUT2D eigenvalue weighted by molar-refractivity contribution is 0.102. The Bertz CT molecular complexity index is 932. The normalized spacial score (nSPS) is 14.0. The predicted molar refractivity (Wildman–Crippen MR) is 110 cm³/mol. The summed E-state index contributed by atoms with van der Waals surface area (Å²) in [5.74, 6) is 0.747. The summed E-state index contributed by atoms with van der Waals surface area (Å²) in [6.07, 6.45) is 0. The first-order valence-electron chi connectivity index (χ1n) is 9.34. The van der Waals surface area contributed by atoms with Gasteiger partial charge in [-0.3, -0.25) is 4.79 Å². The Morgan fingerprint density at radius 3 is 2.29 bits per heavy atom. The van der Waals surface area contributed by atoms with E-state index in [1.165, 1.54) is 0 Å². The number of nitrogens with zero attached hydrogens (tertiary/aromatic N) is 3. The van der Waals surface area contributed by atoms with Gasteiger partial charge in [0.2, 0.25) is 0 Å². The van der Waals surface area contributed by atoms with E-state index in [4.69, 9.17) is 4.74 Å². The van der Waals surface area contributed by atoms with Crippen molar-refractivity contribution in [2.24, 2.45) is 0 Å². The zero-order chi connectivity index (χ0) is 19.3. The number of ether oxygens (including phenoxy) is 1. The number of hydrogen-bond acceptors (Lipinski definition) is 5. The zero-order valence-electron chi connectivity index (χ0n) is 15.8. The highest BCUT2D eigenvalue weighted by Gasteiger charge is 2.13. The molecule has 1 aromatic heterocycles. The topological polar surface area (TPSA) is 67.4 Å². The third-order valence-electron chi connectivity index (χ3n) is 4.74. The van der Waals surface area contributed by atoms with Crippen molar-refractivity contribution in [1.82, 2.24) is 10.2 Å². The van der Waals surface area contributed by atoms with Crippen LogP contribution in [-0.4, -0.2) is 42.4 Å². The van der Waals surface area contributed by atoms with E-state index in [1.807, 2.05) is 67.6 Å². The van der Waals surface area contributed by atoms with E-state index in [-0.39, 0.29) is 5.91 Å². The van der Waals surface area contributed by atoms with E-state index in [2.05, 4.69) is 20.4 Å². The molecule has 1 saturated heterocycles. The lowest BCUT2D eigenvalue weighted by Gasteiger charge is -2.27. The average molecular weight is 374 g/mol. The van der Waals surface area contributed by atoms with Crippen LogP contribution in [0.3, 0.4) is 0 Å². The van der Waals surface area contributed by atoms with Crippen LogP contribution in [0, 0.1) is 6.92 Å². The third kappa shape index (κ3) is 4.18. The van der Waals surface area contributed by atoms with Crippen molar-refractivity contribution in [3.05, 3.63) is 71.8 Å². The molecule has 1 aliphatic rings. The van der Waals surface area contributed by atoms with Crippen LogP contribution in [0.5, 0.6) is 0 Å². The maximum absolute atomic E-state index is 12.3. The van der Waals surface area contributed by atoms with Gasteiger partial charge in [-0.25, -0.2) is 0 Å². The zero-order valence-corrected chi connectivity index (χ0v) is 15.8. The van der Waals surface area contributed by atoms with Crippen molar-refractivity contribution in [1.29, 1.82) is 0 Å². The van der Waals surface area contributed by atoms with Crippen molar-refractivity contribution < 1.29 is 9.53 Å². The molecule has 2 aromatic carbocycles. The van der Waals surface area contributed by atoms with Gasteiger partial charge in [0.1, 0.15) is 0 Å². The van der Waals surface area contributed by atoms with Crippen LogP contribution in [0.1, 0.15) is 15.9 Å². The van der Waals surface area contributed by atoms with Crippen LogP contribution in [0.4, 0.5) is 11.5 Å². The molecule has 0 spiro atoms. The summed E-state index contributed by atoms with van der Waals surface area (Å²) in [5.41, 5.74) is 4.26. The summed E-state index contributed by atoms with van der Waals surface area (Å²) in [7, 11) is 0. The fraction of sp³-hybridized carbons (Fsp3) is 0.227. The summed E-state index contributed by atoms with van der Waals surface area (Å²) in [4.78, 5) is 14.5. The highest BCUT2D eigenvalue weighted by atomic mass is 16.5. The van der Waals surface area contributed by atoms with Crippen LogP contribution in [-0.2, 0) is 4.74 Å². The number of carbonyl (C=O) groups is 1. The number of rotatable bonds is 4. The lowest BCUT2D eigenvalue weighted by Crippen LogP contribution is -2.36. The molecule has 0 radical (unpaired) electrons. The van der Waals surface area contributed by atoms with Crippen molar-refractivity contribution >= 4 is 17.4 Å². The van der Waals surface area contributed by atoms with Crippen LogP contribution in [0.25, 0.3) is 11.3 Å². The second-order valence-corrected chi connectivity index (χ2v) is 6.77. The first-order valence-corrected chi connectivity index (χ1v) is 9.34. The monoisotopic (exact) mass is 374 g/mol. The SMILES string of the molecule is Cc1ccc(C(=O)Nc2ccc(-c3ccc(N4CCOCC4)nn3)cc2)cc1. The largest absolute Gasteiger partial charge is 0.378 e. The van der Waals surface area contributed by atoms with Gasteiger partial charge in [-0.15, -0.1) is 10.2 Å². The van der Waals surface area contributed by atoms with Crippen LogP contribution < -0.4 is 10.2 Å². The molecule has 0 bridgehead atoms. The molecule has 1 fully saturated rings. The Labute approximate surface area is 164 Å². The molecule has 1 N–H and O–H groups in total. The highest BCUT2D eigenvalue weighted by Crippen LogP contribution is 2.21. The van der Waals surface area contributed by atoms with E-state index in [0.29, 0.717) is 5.56 Å². The molecule has 0 saturated carbocycles. The van der Waals surface area contributed by atoms with E-state index >= 15 is 0 Å². The molecule has 0 atom stereocenters. The van der Waals surface area contributed by atoms with Gasteiger partial charge < -0.3 is 15.0 Å². The van der Waals surface area contributed by atoms with Gasteiger partial charge in [-0.1, -0.05) is 29.8 Å². The summed E-state index contributed by atoms with van der Waals surface area (Å²) in [6, 6.07) is 19.1. The Hall–Kier alpha value is -3.25. The molecule has 4 rings (SSSR count). The van der Waals surface area contributed by atoms with E-state index < -0.39 is 0 Å². The van der Waals surface area contributed by atoms with Crippen molar-refractivity contribution in [3.63, 3.8) is 0 Å². The van der Waals surface area contributed by atoms with Crippen LogP contribution in [0.2, 0.25) is 0 Å². The second kappa shape index (κ2) is 8.19. The number of hydrogen-bond donors (Lipinski definition) is 1. The van der Waals surface area contributed by atoms with Crippen molar-refractivity contribution in [2.45, 2.75) is 6.92 Å². The number of aromatic nitrogens is 2. The van der Waals surface area contributed by atoms with Gasteiger partial charge in [0.15, 0.2) is 5.82 Å². The molecule has 6 nitrogen and oxygen atoms in total. The Balaban J connectivity index is 1.42. The van der Waals surface area contributed by atoms with E-state index in [9.17, 15) is 4.79 Å². The van der Waals surface area contributed by atoms with Gasteiger partial charge in [0, 0.05) is 29.9 Å². The first-order chi connectivity index (χ1) is 13.7. The number of benzene rings is 2. The number of carbonyl (C=O) groups excluding carboxylic acids is 1. The number of morpholine rings is 1. The van der Waals surface area contributed by atoms with Crippen LogP contribution in [0.15, 0.2) is 60.7 Å². The Morgan fingerprint density at radius 2 is 1.64 bits per heavy atom. The molecule has 0 unspecified atom stereocenters. The predicted octanol–water partition coefficient (Wildman–Crippen LogP) is 3.54. The maximum atomic E-state index is 12.3. The summed E-state index contributed by atoms with van der Waals surface area (Å²) in [6.45, 7) is 5.11.